The highest BCUT2D eigenvalue weighted by atomic mass is 32.2. The average Bonchev–Trinajstić information content (AvgIpc) is 3.36. The van der Waals surface area contributed by atoms with Crippen molar-refractivity contribution in [2.75, 3.05) is 25.1 Å². The second kappa shape index (κ2) is 11.1. The molecule has 1 saturated heterocycles. The van der Waals surface area contributed by atoms with Crippen molar-refractivity contribution in [3.63, 3.8) is 0 Å². The number of nitrogens with one attached hydrogen (secondary N) is 1. The number of aromatic nitrogens is 3. The number of para-hydroxylation sites is 1. The molecule has 0 radical (unpaired) electrons. The first kappa shape index (κ1) is 25.0. The minimum absolute atomic E-state index is 0.150. The lowest BCUT2D eigenvalue weighted by Gasteiger charge is -2.16. The molecule has 1 aromatic carbocycles. The average molecular weight is 497 g/mol. The van der Waals surface area contributed by atoms with Crippen molar-refractivity contribution in [3.8, 4) is 0 Å². The van der Waals surface area contributed by atoms with Gasteiger partial charge in [0.05, 0.1) is 22.0 Å². The summed E-state index contributed by atoms with van der Waals surface area (Å²) < 4.78 is 2.24. The Balaban J connectivity index is 1.47. The minimum atomic E-state index is -0.472. The number of benzene rings is 1. The minimum Gasteiger partial charge on any atom is -0.382 e. The molecule has 186 valence electrons. The molecule has 0 spiro atoms. The van der Waals surface area contributed by atoms with E-state index >= 15 is 0 Å². The van der Waals surface area contributed by atoms with E-state index in [0.717, 1.165) is 53.4 Å². The fraction of sp³-hybridized carbons (Fsp3) is 0.480. The maximum absolute atomic E-state index is 12.7. The highest BCUT2D eigenvalue weighted by molar-refractivity contribution is 8.01. The van der Waals surface area contributed by atoms with Crippen molar-refractivity contribution < 1.29 is 14.4 Å². The summed E-state index contributed by atoms with van der Waals surface area (Å²) in [5.41, 5.74) is 8.84. The van der Waals surface area contributed by atoms with Gasteiger partial charge >= 0.3 is 0 Å². The fourth-order valence-corrected chi connectivity index (χ4v) is 5.50. The van der Waals surface area contributed by atoms with Crippen molar-refractivity contribution in [3.05, 3.63) is 30.1 Å². The van der Waals surface area contributed by atoms with Gasteiger partial charge in [-0.1, -0.05) is 31.5 Å². The number of nitrogen functional groups attached to an aromatic ring is 1. The molecule has 1 aliphatic rings. The number of nitrogens with zero attached hydrogens (tertiary/aromatic N) is 4. The summed E-state index contributed by atoms with van der Waals surface area (Å²) in [6.45, 7) is 3.26. The number of pyridine rings is 1. The van der Waals surface area contributed by atoms with E-state index in [2.05, 4.69) is 21.8 Å². The summed E-state index contributed by atoms with van der Waals surface area (Å²) in [5.74, 6) is 1.10. The zero-order valence-corrected chi connectivity index (χ0v) is 21.1. The Kier molecular flexibility index (Phi) is 7.90. The number of imide groups is 1. The second-order valence-corrected chi connectivity index (χ2v) is 9.95. The van der Waals surface area contributed by atoms with Crippen molar-refractivity contribution in [2.24, 2.45) is 0 Å². The second-order valence-electron chi connectivity index (χ2n) is 8.76. The van der Waals surface area contributed by atoms with E-state index in [1.807, 2.05) is 24.3 Å². The third kappa shape index (κ3) is 5.27. The fourth-order valence-electron chi connectivity index (χ4n) is 4.48. The van der Waals surface area contributed by atoms with Gasteiger partial charge in [-0.3, -0.25) is 19.3 Å². The number of amides is 3. The molecule has 0 aliphatic carbocycles. The number of nitrogens with two attached hydrogens (primary N) is 1. The van der Waals surface area contributed by atoms with E-state index in [9.17, 15) is 14.4 Å². The first-order valence-electron chi connectivity index (χ1n) is 12.1. The van der Waals surface area contributed by atoms with Crippen LogP contribution < -0.4 is 11.1 Å². The molecule has 1 atom stereocenters. The van der Waals surface area contributed by atoms with Crippen LogP contribution in [-0.4, -0.2) is 61.8 Å². The molecule has 0 saturated carbocycles. The van der Waals surface area contributed by atoms with Crippen LogP contribution in [0.2, 0.25) is 0 Å². The van der Waals surface area contributed by atoms with Crippen molar-refractivity contribution in [1.29, 1.82) is 0 Å². The van der Waals surface area contributed by atoms with Crippen LogP contribution in [0.1, 0.15) is 44.9 Å². The van der Waals surface area contributed by atoms with E-state index in [-0.39, 0.29) is 29.9 Å². The molecule has 1 aliphatic heterocycles. The number of likely N-dealkylation sites (tertiary alicyclic amines) is 1. The third-order valence-corrected chi connectivity index (χ3v) is 7.55. The molecule has 10 heteroatoms. The van der Waals surface area contributed by atoms with Crippen molar-refractivity contribution >= 4 is 57.2 Å². The normalized spacial score (nSPS) is 16.1. The number of rotatable bonds is 11. The van der Waals surface area contributed by atoms with E-state index in [1.54, 1.807) is 7.05 Å². The van der Waals surface area contributed by atoms with Crippen LogP contribution in [0.4, 0.5) is 5.82 Å². The predicted octanol–water partition coefficient (Wildman–Crippen LogP) is 2.90. The maximum atomic E-state index is 12.7. The Morgan fingerprint density at radius 1 is 1.17 bits per heavy atom. The van der Waals surface area contributed by atoms with E-state index in [1.165, 1.54) is 16.7 Å². The summed E-state index contributed by atoms with van der Waals surface area (Å²) in [6.07, 6.45) is 4.58. The van der Waals surface area contributed by atoms with Gasteiger partial charge in [-0.25, -0.2) is 9.97 Å². The van der Waals surface area contributed by atoms with Crippen LogP contribution in [0.5, 0.6) is 0 Å². The number of hydrogen-bond donors (Lipinski definition) is 2. The first-order valence-corrected chi connectivity index (χ1v) is 13.2. The molecule has 35 heavy (non-hydrogen) atoms. The molecule has 9 nitrogen and oxygen atoms in total. The number of imidazole rings is 1. The molecule has 4 rings (SSSR count). The van der Waals surface area contributed by atoms with Crippen LogP contribution in [-0.2, 0) is 27.3 Å². The van der Waals surface area contributed by atoms with Crippen molar-refractivity contribution in [2.45, 2.75) is 57.2 Å². The molecule has 2 aromatic heterocycles. The monoisotopic (exact) mass is 496 g/mol. The quantitative estimate of drug-likeness (QED) is 0.309. The van der Waals surface area contributed by atoms with Crippen molar-refractivity contribution in [1.82, 2.24) is 24.8 Å². The third-order valence-electron chi connectivity index (χ3n) is 6.35. The van der Waals surface area contributed by atoms with Crippen LogP contribution in [0, 0.1) is 0 Å². The zero-order valence-electron chi connectivity index (χ0n) is 20.2. The van der Waals surface area contributed by atoms with Gasteiger partial charge in [0.15, 0.2) is 5.82 Å². The molecular formula is C25H32N6O3S. The largest absolute Gasteiger partial charge is 0.382 e. The van der Waals surface area contributed by atoms with Crippen LogP contribution >= 0.6 is 11.8 Å². The predicted molar refractivity (Wildman–Crippen MR) is 139 cm³/mol. The number of unbranched alkanes of at least 4 members (excludes halogenated alkanes) is 2. The van der Waals surface area contributed by atoms with Gasteiger partial charge in [-0.2, -0.15) is 0 Å². The topological polar surface area (TPSA) is 123 Å². The summed E-state index contributed by atoms with van der Waals surface area (Å²) in [7, 11) is 1.56. The molecule has 3 amide bonds. The molecule has 1 unspecified atom stereocenters. The Morgan fingerprint density at radius 3 is 2.71 bits per heavy atom. The van der Waals surface area contributed by atoms with Crippen LogP contribution in [0.15, 0.2) is 24.3 Å². The number of aryl methyl sites for hydroxylation is 2. The van der Waals surface area contributed by atoms with Gasteiger partial charge in [0.1, 0.15) is 11.3 Å². The Bertz CT molecular complexity index is 1260. The smallest absolute Gasteiger partial charge is 0.242 e. The van der Waals surface area contributed by atoms with Gasteiger partial charge in [-0.15, -0.1) is 11.8 Å². The van der Waals surface area contributed by atoms with Gasteiger partial charge in [0.25, 0.3) is 0 Å². The lowest BCUT2D eigenvalue weighted by atomic mass is 10.1. The Morgan fingerprint density at radius 2 is 1.94 bits per heavy atom. The number of hydrogen-bond acceptors (Lipinski definition) is 7. The molecular weight excluding hydrogens is 464 g/mol. The van der Waals surface area contributed by atoms with Gasteiger partial charge in [-0.05, 0) is 25.3 Å². The van der Waals surface area contributed by atoms with E-state index < -0.39 is 5.25 Å². The van der Waals surface area contributed by atoms with Gasteiger partial charge < -0.3 is 15.6 Å². The summed E-state index contributed by atoms with van der Waals surface area (Å²) in [5, 5.41) is 3.09. The first-order chi connectivity index (χ1) is 16.9. The zero-order chi connectivity index (χ0) is 24.9. The number of anilines is 1. The summed E-state index contributed by atoms with van der Waals surface area (Å²) in [4.78, 5) is 47.3. The maximum Gasteiger partial charge on any atom is 0.242 e. The molecule has 1 fully saturated rings. The molecule has 0 bridgehead atoms. The van der Waals surface area contributed by atoms with Crippen LogP contribution in [0.25, 0.3) is 21.9 Å². The highest BCUT2D eigenvalue weighted by Gasteiger charge is 2.38. The Labute approximate surface area is 208 Å². The summed E-state index contributed by atoms with van der Waals surface area (Å²) >= 11 is 1.23. The number of fused-ring (bicyclic) bond motifs is 3. The number of thioether (sulfide) groups is 1. The molecule has 3 N–H and O–H groups in total. The number of carbonyl (C=O) groups is 3. The Hall–Kier alpha value is -3.14. The van der Waals surface area contributed by atoms with Gasteiger partial charge in [0.2, 0.25) is 17.7 Å². The lowest BCUT2D eigenvalue weighted by molar-refractivity contribution is -0.138. The highest BCUT2D eigenvalue weighted by Crippen LogP contribution is 2.30. The molecule has 3 aromatic rings. The van der Waals surface area contributed by atoms with Crippen LogP contribution in [0.3, 0.4) is 0 Å². The lowest BCUT2D eigenvalue weighted by Crippen LogP contribution is -2.32. The van der Waals surface area contributed by atoms with E-state index in [4.69, 9.17) is 10.7 Å². The number of carbonyl (C=O) groups excluding carboxylic acids is 3. The standard InChI is InChI=1S/C25H32N6O3S/c1-3-4-11-19-29-22-23(16-9-5-6-10-17(16)28-24(22)26)30(19)12-7-8-13-31-21(33)14-18(25(31)34)35-15-20(32)27-2/h5-6,9-10,18H,3-4,7-8,11-15H2,1-2H3,(H2,26,28)(H,27,32). The van der Waals surface area contributed by atoms with Gasteiger partial charge in [0, 0.05) is 38.4 Å². The summed E-state index contributed by atoms with van der Waals surface area (Å²) in [6, 6.07) is 7.94. The molecule has 3 heterocycles. The van der Waals surface area contributed by atoms with E-state index in [0.29, 0.717) is 25.3 Å². The SMILES string of the molecule is CCCCc1nc2c(N)nc3ccccc3c2n1CCCCN1C(=O)CC(SCC(=O)NC)C1=O.